The van der Waals surface area contributed by atoms with Gasteiger partial charge in [-0.1, -0.05) is 75.2 Å². The molecule has 5 heteroatoms. The van der Waals surface area contributed by atoms with Crippen LogP contribution in [-0.4, -0.2) is 29.2 Å². The van der Waals surface area contributed by atoms with Crippen LogP contribution in [-0.2, 0) is 6.54 Å². The highest BCUT2D eigenvalue weighted by atomic mass is 16.3. The number of ketones is 2. The molecule has 0 N–H and O–H groups in total. The van der Waals surface area contributed by atoms with E-state index in [1.54, 1.807) is 0 Å². The molecule has 0 saturated heterocycles. The van der Waals surface area contributed by atoms with Gasteiger partial charge in [0.1, 0.15) is 11.3 Å². The average Bonchev–Trinajstić information content (AvgIpc) is 3.48. The summed E-state index contributed by atoms with van der Waals surface area (Å²) in [6.07, 6.45) is 4.50. The minimum Gasteiger partial charge on any atom is -0.452 e. The summed E-state index contributed by atoms with van der Waals surface area (Å²) in [6, 6.07) is 24.3. The van der Waals surface area contributed by atoms with Crippen LogP contribution in [0.5, 0.6) is 0 Å². The van der Waals surface area contributed by atoms with E-state index in [0.717, 1.165) is 77.4 Å². The Bertz CT molecular complexity index is 1650. The van der Waals surface area contributed by atoms with Crippen LogP contribution in [0.4, 0.5) is 5.69 Å². The minimum atomic E-state index is -0.573. The highest BCUT2D eigenvalue weighted by molar-refractivity contribution is 6.53. The van der Waals surface area contributed by atoms with E-state index < -0.39 is 11.6 Å². The molecule has 0 amide bonds. The molecule has 0 fully saturated rings. The van der Waals surface area contributed by atoms with Crippen LogP contribution < -0.4 is 4.90 Å². The molecule has 1 aliphatic carbocycles. The molecule has 0 atom stereocenters. The molecule has 0 aliphatic heterocycles. The van der Waals surface area contributed by atoms with Crippen LogP contribution in [0.15, 0.2) is 77.2 Å². The summed E-state index contributed by atoms with van der Waals surface area (Å²) in [6.45, 7) is 6.88. The van der Waals surface area contributed by atoms with E-state index in [4.69, 9.17) is 4.42 Å². The SMILES string of the molecule is CCCCN(CCCC)c1ccc2c3c(oc2c1)C(=O)C(=O)c1c-3c2ccccc2n1Cc1ccccc1. The van der Waals surface area contributed by atoms with Crippen molar-refractivity contribution in [3.05, 3.63) is 89.8 Å². The van der Waals surface area contributed by atoms with E-state index in [9.17, 15) is 9.59 Å². The normalized spacial score (nSPS) is 12.8. The molecule has 2 aromatic heterocycles. The third-order valence-electron chi connectivity index (χ3n) is 7.63. The van der Waals surface area contributed by atoms with Crippen molar-refractivity contribution in [2.75, 3.05) is 18.0 Å². The number of carbonyl (C=O) groups is 2. The van der Waals surface area contributed by atoms with E-state index in [2.05, 4.69) is 30.9 Å². The summed E-state index contributed by atoms with van der Waals surface area (Å²) in [5.74, 6) is -0.923. The Hall–Kier alpha value is -4.12. The lowest BCUT2D eigenvalue weighted by Gasteiger charge is -2.24. The van der Waals surface area contributed by atoms with Gasteiger partial charge in [0.2, 0.25) is 0 Å². The fraction of sp³-hybridized carbons (Fsp3) is 0.273. The van der Waals surface area contributed by atoms with Crippen molar-refractivity contribution in [3.63, 3.8) is 0 Å². The summed E-state index contributed by atoms with van der Waals surface area (Å²) < 4.78 is 8.19. The Morgan fingerprint density at radius 2 is 1.47 bits per heavy atom. The monoisotopic (exact) mass is 504 g/mol. The predicted octanol–water partition coefficient (Wildman–Crippen LogP) is 7.89. The molecule has 38 heavy (non-hydrogen) atoms. The first-order valence-electron chi connectivity index (χ1n) is 13.7. The predicted molar refractivity (Wildman–Crippen MR) is 153 cm³/mol. The maximum atomic E-state index is 13.6. The zero-order valence-corrected chi connectivity index (χ0v) is 22.0. The van der Waals surface area contributed by atoms with E-state index in [-0.39, 0.29) is 5.76 Å². The van der Waals surface area contributed by atoms with Crippen molar-refractivity contribution in [1.29, 1.82) is 0 Å². The molecule has 2 heterocycles. The molecule has 0 spiro atoms. The van der Waals surface area contributed by atoms with Gasteiger partial charge in [0.25, 0.3) is 11.6 Å². The molecule has 6 rings (SSSR count). The van der Waals surface area contributed by atoms with Gasteiger partial charge >= 0.3 is 0 Å². The average molecular weight is 505 g/mol. The summed E-state index contributed by atoms with van der Waals surface area (Å²) in [5, 5.41) is 1.83. The van der Waals surface area contributed by atoms with E-state index in [1.165, 1.54) is 0 Å². The maximum absolute atomic E-state index is 13.6. The Balaban J connectivity index is 1.54. The number of nitrogens with zero attached hydrogens (tertiary/aromatic N) is 2. The van der Waals surface area contributed by atoms with Crippen molar-refractivity contribution in [1.82, 2.24) is 4.57 Å². The molecule has 0 bridgehead atoms. The van der Waals surface area contributed by atoms with Crippen LogP contribution in [0.2, 0.25) is 0 Å². The molecule has 1 aliphatic rings. The Morgan fingerprint density at radius 3 is 2.21 bits per heavy atom. The number of fused-ring (bicyclic) bond motifs is 7. The molecular formula is C33H32N2O3. The third-order valence-corrected chi connectivity index (χ3v) is 7.63. The largest absolute Gasteiger partial charge is 0.452 e. The number of aromatic nitrogens is 1. The molecule has 192 valence electrons. The second-order valence-corrected chi connectivity index (χ2v) is 10.2. The number of Topliss-reactive ketones (excluding diaryl/α,β-unsaturated/α-hetero) is 2. The van der Waals surface area contributed by atoms with Gasteiger partial charge in [-0.25, -0.2) is 0 Å². The number of para-hydroxylation sites is 1. The quantitative estimate of drug-likeness (QED) is 0.192. The topological polar surface area (TPSA) is 55.5 Å². The van der Waals surface area contributed by atoms with Crippen LogP contribution in [0.3, 0.4) is 0 Å². The van der Waals surface area contributed by atoms with E-state index >= 15 is 0 Å². The highest BCUT2D eigenvalue weighted by Crippen LogP contribution is 2.46. The highest BCUT2D eigenvalue weighted by Gasteiger charge is 2.40. The molecular weight excluding hydrogens is 472 g/mol. The number of furan rings is 1. The Labute approximate surface area is 222 Å². The van der Waals surface area contributed by atoms with Gasteiger partial charge in [-0.2, -0.15) is 0 Å². The van der Waals surface area contributed by atoms with Crippen molar-refractivity contribution in [2.24, 2.45) is 0 Å². The van der Waals surface area contributed by atoms with Gasteiger partial charge in [-0.3, -0.25) is 9.59 Å². The van der Waals surface area contributed by atoms with Crippen molar-refractivity contribution in [2.45, 2.75) is 46.1 Å². The number of anilines is 1. The summed E-state index contributed by atoms with van der Waals surface area (Å²) >= 11 is 0. The van der Waals surface area contributed by atoms with Crippen molar-refractivity contribution < 1.29 is 14.0 Å². The molecule has 0 saturated carbocycles. The third kappa shape index (κ3) is 3.94. The van der Waals surface area contributed by atoms with Crippen LogP contribution in [0.25, 0.3) is 33.0 Å². The second kappa shape index (κ2) is 9.97. The number of hydrogen-bond donors (Lipinski definition) is 0. The van der Waals surface area contributed by atoms with Crippen molar-refractivity contribution >= 4 is 39.1 Å². The number of unbranched alkanes of at least 4 members (excludes halogenated alkanes) is 2. The number of benzene rings is 3. The Morgan fingerprint density at radius 1 is 0.763 bits per heavy atom. The molecule has 5 nitrogen and oxygen atoms in total. The number of carbonyl (C=O) groups excluding carboxylic acids is 2. The lowest BCUT2D eigenvalue weighted by molar-refractivity contribution is 0.0795. The molecule has 3 aromatic carbocycles. The zero-order valence-electron chi connectivity index (χ0n) is 22.0. The fourth-order valence-electron chi connectivity index (χ4n) is 5.69. The van der Waals surface area contributed by atoms with E-state index in [0.29, 0.717) is 17.8 Å². The van der Waals surface area contributed by atoms with Gasteiger partial charge in [0.15, 0.2) is 5.76 Å². The molecule has 0 radical (unpaired) electrons. The van der Waals surface area contributed by atoms with Crippen LogP contribution in [0.1, 0.15) is 66.1 Å². The lowest BCUT2D eigenvalue weighted by Crippen LogP contribution is -2.25. The van der Waals surface area contributed by atoms with E-state index in [1.807, 2.05) is 65.2 Å². The van der Waals surface area contributed by atoms with Gasteiger partial charge < -0.3 is 13.9 Å². The fourth-order valence-corrected chi connectivity index (χ4v) is 5.69. The Kier molecular flexibility index (Phi) is 6.36. The van der Waals surface area contributed by atoms with Gasteiger partial charge in [-0.15, -0.1) is 0 Å². The summed E-state index contributed by atoms with van der Waals surface area (Å²) in [5.41, 5.74) is 5.75. The minimum absolute atomic E-state index is 0.158. The second-order valence-electron chi connectivity index (χ2n) is 10.2. The first-order chi connectivity index (χ1) is 18.6. The molecule has 5 aromatic rings. The van der Waals surface area contributed by atoms with Crippen LogP contribution in [0, 0.1) is 0 Å². The molecule has 0 unspecified atom stereocenters. The van der Waals surface area contributed by atoms with Crippen LogP contribution >= 0.6 is 0 Å². The summed E-state index contributed by atoms with van der Waals surface area (Å²) in [7, 11) is 0. The zero-order chi connectivity index (χ0) is 26.2. The first kappa shape index (κ1) is 24.2. The first-order valence-corrected chi connectivity index (χ1v) is 13.7. The van der Waals surface area contributed by atoms with Gasteiger partial charge in [-0.05, 0) is 36.6 Å². The summed E-state index contributed by atoms with van der Waals surface area (Å²) in [4.78, 5) is 29.5. The lowest BCUT2D eigenvalue weighted by atomic mass is 9.89. The number of rotatable bonds is 9. The maximum Gasteiger partial charge on any atom is 0.270 e. The number of hydrogen-bond acceptors (Lipinski definition) is 4. The smallest absolute Gasteiger partial charge is 0.270 e. The van der Waals surface area contributed by atoms with Crippen molar-refractivity contribution in [3.8, 4) is 11.1 Å². The van der Waals surface area contributed by atoms with Gasteiger partial charge in [0, 0.05) is 58.8 Å². The standard InChI is InChI=1S/C33H32N2O3/c1-3-5-18-34(19-6-4-2)23-16-17-25-27(20-23)38-33-29(25)28-24-14-10-11-15-26(24)35(30(28)31(36)32(33)37)21-22-12-8-7-9-13-22/h7-17,20H,3-6,18-19,21H2,1-2H3. The van der Waals surface area contributed by atoms with Gasteiger partial charge in [0.05, 0.1) is 0 Å².